The number of fused-ring (bicyclic) bond motifs is 1. The van der Waals surface area contributed by atoms with Crippen LogP contribution in [0.3, 0.4) is 0 Å². The molecule has 148 valence electrons. The van der Waals surface area contributed by atoms with Gasteiger partial charge in [0.05, 0.1) is 21.9 Å². The number of carboxylic acid groups (broad SMARTS) is 1. The third-order valence-corrected chi connectivity index (χ3v) is 5.66. The highest BCUT2D eigenvalue weighted by atomic mass is 32.1. The molecule has 4 aromatic rings. The Morgan fingerprint density at radius 1 is 1.28 bits per heavy atom. The average molecular weight is 409 g/mol. The number of carboxylic acids is 1. The highest BCUT2D eigenvalue weighted by Gasteiger charge is 2.15. The molecule has 0 saturated carbocycles. The zero-order valence-corrected chi connectivity index (χ0v) is 16.5. The molecule has 9 heteroatoms. The molecule has 4 rings (SSSR count). The third-order valence-electron chi connectivity index (χ3n) is 4.72. The number of aromatic nitrogens is 4. The number of hydrogen-bond donors (Lipinski definition) is 0. The number of methoxy groups -OCH3 is 1. The van der Waals surface area contributed by atoms with Gasteiger partial charge < -0.3 is 14.6 Å². The molecule has 0 aliphatic rings. The van der Waals surface area contributed by atoms with Crippen molar-refractivity contribution in [1.82, 2.24) is 19.3 Å². The van der Waals surface area contributed by atoms with Crippen LogP contribution in [0, 0.1) is 0 Å². The first-order valence-corrected chi connectivity index (χ1v) is 9.65. The maximum Gasteiger partial charge on any atom is 0.310 e. The molecule has 0 radical (unpaired) electrons. The normalized spacial score (nSPS) is 12.3. The topological polar surface area (TPSA) is 102 Å². The summed E-state index contributed by atoms with van der Waals surface area (Å²) in [7, 11) is 1.56. The molecule has 1 aromatic carbocycles. The van der Waals surface area contributed by atoms with Crippen LogP contribution >= 0.6 is 11.3 Å². The Labute approximate surface area is 169 Å². The zero-order valence-electron chi connectivity index (χ0n) is 15.7. The molecular formula is C20H17N4O4S-. The van der Waals surface area contributed by atoms with Crippen molar-refractivity contribution in [2.45, 2.75) is 19.6 Å². The summed E-state index contributed by atoms with van der Waals surface area (Å²) in [5.74, 6) is -0.758. The van der Waals surface area contributed by atoms with Crippen molar-refractivity contribution in [2.75, 3.05) is 7.11 Å². The first-order valence-electron chi connectivity index (χ1n) is 8.83. The van der Waals surface area contributed by atoms with Gasteiger partial charge >= 0.3 is 4.87 Å². The summed E-state index contributed by atoms with van der Waals surface area (Å²) >= 11 is 1.19. The smallest absolute Gasteiger partial charge is 0.310 e. The molecule has 1 unspecified atom stereocenters. The number of carbonyl (C=O) groups excluding carboxylic acids is 1. The van der Waals surface area contributed by atoms with E-state index in [1.54, 1.807) is 28.6 Å². The van der Waals surface area contributed by atoms with Gasteiger partial charge in [-0.2, -0.15) is 5.10 Å². The Morgan fingerprint density at radius 2 is 2.10 bits per heavy atom. The van der Waals surface area contributed by atoms with E-state index in [0.29, 0.717) is 5.82 Å². The van der Waals surface area contributed by atoms with Gasteiger partial charge in [-0.25, -0.2) is 9.67 Å². The molecule has 3 aromatic heterocycles. The Kier molecular flexibility index (Phi) is 4.99. The van der Waals surface area contributed by atoms with E-state index in [4.69, 9.17) is 4.74 Å². The van der Waals surface area contributed by atoms with E-state index in [0.717, 1.165) is 21.5 Å². The first kappa shape index (κ1) is 19.0. The van der Waals surface area contributed by atoms with Gasteiger partial charge in [0.1, 0.15) is 6.73 Å². The van der Waals surface area contributed by atoms with Crippen LogP contribution in [-0.2, 0) is 11.5 Å². The van der Waals surface area contributed by atoms with E-state index in [1.165, 1.54) is 23.6 Å². The van der Waals surface area contributed by atoms with Crippen molar-refractivity contribution < 1.29 is 14.6 Å². The zero-order chi connectivity index (χ0) is 20.5. The van der Waals surface area contributed by atoms with Gasteiger partial charge in [-0.15, -0.1) is 0 Å². The Bertz CT molecular complexity index is 1240. The SMILES string of the molecule is COCn1c(=O)sc2cc(C(C)c3ccn(-c4ccc(C(=O)[O-])cn4)n3)ccc21. The van der Waals surface area contributed by atoms with Crippen molar-refractivity contribution in [3.05, 3.63) is 75.3 Å². The number of aromatic carboxylic acids is 1. The summed E-state index contributed by atoms with van der Waals surface area (Å²) in [5.41, 5.74) is 2.73. The van der Waals surface area contributed by atoms with Gasteiger partial charge in [0.15, 0.2) is 5.82 Å². The van der Waals surface area contributed by atoms with E-state index in [2.05, 4.69) is 10.1 Å². The summed E-state index contributed by atoms with van der Waals surface area (Å²) in [4.78, 5) is 27.1. The summed E-state index contributed by atoms with van der Waals surface area (Å²) < 4.78 is 9.20. The predicted octanol–water partition coefficient (Wildman–Crippen LogP) is 1.76. The maximum atomic E-state index is 12.1. The van der Waals surface area contributed by atoms with Crippen molar-refractivity contribution in [1.29, 1.82) is 0 Å². The van der Waals surface area contributed by atoms with Gasteiger partial charge in [-0.3, -0.25) is 9.36 Å². The lowest BCUT2D eigenvalue weighted by Crippen LogP contribution is -2.22. The van der Waals surface area contributed by atoms with Gasteiger partial charge in [0.25, 0.3) is 0 Å². The number of nitrogens with zero attached hydrogens (tertiary/aromatic N) is 4. The minimum absolute atomic E-state index is 0.00350. The standard InChI is InChI=1S/C20H18N4O4S/c1-12(13-3-5-16-17(9-13)29-20(27)23(16)11-28-2)15-7-8-24(22-15)18-6-4-14(10-21-18)19(25)26/h3-10,12H,11H2,1-2H3,(H,25,26)/p-1. The van der Waals surface area contributed by atoms with Gasteiger partial charge in [-0.1, -0.05) is 24.3 Å². The van der Waals surface area contributed by atoms with Crippen LogP contribution in [0.1, 0.15) is 34.5 Å². The second kappa shape index (κ2) is 7.61. The lowest BCUT2D eigenvalue weighted by atomic mass is 9.98. The predicted molar refractivity (Wildman–Crippen MR) is 106 cm³/mol. The second-order valence-electron chi connectivity index (χ2n) is 6.54. The van der Waals surface area contributed by atoms with Gasteiger partial charge in [0.2, 0.25) is 0 Å². The van der Waals surface area contributed by atoms with Crippen LogP contribution in [0.2, 0.25) is 0 Å². The molecule has 3 heterocycles. The number of hydrogen-bond acceptors (Lipinski definition) is 7. The summed E-state index contributed by atoms with van der Waals surface area (Å²) in [6.45, 7) is 2.26. The molecule has 29 heavy (non-hydrogen) atoms. The minimum atomic E-state index is -1.27. The molecule has 8 nitrogen and oxygen atoms in total. The van der Waals surface area contributed by atoms with E-state index in [1.807, 2.05) is 31.2 Å². The second-order valence-corrected chi connectivity index (χ2v) is 7.53. The largest absolute Gasteiger partial charge is 0.545 e. The quantitative estimate of drug-likeness (QED) is 0.481. The Balaban J connectivity index is 1.62. The van der Waals surface area contributed by atoms with Crippen LogP contribution in [0.4, 0.5) is 0 Å². The fourth-order valence-corrected chi connectivity index (χ4v) is 4.04. The number of benzene rings is 1. The number of rotatable bonds is 6. The molecule has 0 amide bonds. The fourth-order valence-electron chi connectivity index (χ4n) is 3.11. The van der Waals surface area contributed by atoms with Crippen LogP contribution in [0.25, 0.3) is 16.0 Å². The number of pyridine rings is 1. The molecular weight excluding hydrogens is 392 g/mol. The lowest BCUT2D eigenvalue weighted by Gasteiger charge is -2.10. The van der Waals surface area contributed by atoms with Crippen molar-refractivity contribution >= 4 is 27.5 Å². The van der Waals surface area contributed by atoms with E-state index < -0.39 is 5.97 Å². The van der Waals surface area contributed by atoms with Crippen LogP contribution in [-0.4, -0.2) is 32.4 Å². The number of carbonyl (C=O) groups is 1. The maximum absolute atomic E-state index is 12.1. The number of thiazole rings is 1. The Morgan fingerprint density at radius 3 is 2.79 bits per heavy atom. The van der Waals surface area contributed by atoms with Crippen LogP contribution < -0.4 is 9.98 Å². The third kappa shape index (κ3) is 3.57. The monoisotopic (exact) mass is 409 g/mol. The lowest BCUT2D eigenvalue weighted by molar-refractivity contribution is -0.255. The molecule has 0 aliphatic carbocycles. The van der Waals surface area contributed by atoms with Crippen molar-refractivity contribution in [2.24, 2.45) is 0 Å². The molecule has 0 aliphatic heterocycles. The summed E-state index contributed by atoms with van der Waals surface area (Å²) in [5, 5.41) is 15.4. The average Bonchev–Trinajstić information content (AvgIpc) is 3.32. The molecule has 0 fully saturated rings. The highest BCUT2D eigenvalue weighted by Crippen LogP contribution is 2.27. The Hall–Kier alpha value is -3.30. The first-order chi connectivity index (χ1) is 14.0. The molecule has 0 N–H and O–H groups in total. The number of ether oxygens (including phenoxy) is 1. The van der Waals surface area contributed by atoms with Gasteiger partial charge in [-0.05, 0) is 35.9 Å². The van der Waals surface area contributed by atoms with Crippen LogP contribution in [0.5, 0.6) is 0 Å². The summed E-state index contributed by atoms with van der Waals surface area (Å²) in [6, 6.07) is 10.8. The molecule has 0 saturated heterocycles. The minimum Gasteiger partial charge on any atom is -0.545 e. The van der Waals surface area contributed by atoms with Crippen molar-refractivity contribution in [3.63, 3.8) is 0 Å². The van der Waals surface area contributed by atoms with E-state index >= 15 is 0 Å². The summed E-state index contributed by atoms with van der Waals surface area (Å²) in [6.07, 6.45) is 3.02. The van der Waals surface area contributed by atoms with Crippen molar-refractivity contribution in [3.8, 4) is 5.82 Å². The molecule has 0 spiro atoms. The molecule has 0 bridgehead atoms. The van der Waals surface area contributed by atoms with E-state index in [-0.39, 0.29) is 23.1 Å². The fraction of sp³-hybridized carbons (Fsp3) is 0.200. The highest BCUT2D eigenvalue weighted by molar-refractivity contribution is 7.16. The van der Waals surface area contributed by atoms with E-state index in [9.17, 15) is 14.7 Å². The van der Waals surface area contributed by atoms with Crippen LogP contribution in [0.15, 0.2) is 53.6 Å². The van der Waals surface area contributed by atoms with Gasteiger partial charge in [0, 0.05) is 31.0 Å². The molecule has 1 atom stereocenters.